The number of hydrogen-bond acceptors (Lipinski definition) is 5. The molecule has 6 nitrogen and oxygen atoms in total. The zero-order valence-electron chi connectivity index (χ0n) is 14.7. The van der Waals surface area contributed by atoms with E-state index in [0.717, 1.165) is 29.2 Å². The molecule has 0 aliphatic heterocycles. The van der Waals surface area contributed by atoms with Crippen molar-refractivity contribution in [2.24, 2.45) is 0 Å². The van der Waals surface area contributed by atoms with Crippen LogP contribution in [-0.2, 0) is 0 Å². The first-order chi connectivity index (χ1) is 11.5. The van der Waals surface area contributed by atoms with Gasteiger partial charge in [-0.1, -0.05) is 17.2 Å². The summed E-state index contributed by atoms with van der Waals surface area (Å²) in [4.78, 5) is 20.9. The van der Waals surface area contributed by atoms with Gasteiger partial charge in [-0.05, 0) is 39.8 Å². The Kier molecular flexibility index (Phi) is 6.12. The topological polar surface area (TPSA) is 78.9 Å². The van der Waals surface area contributed by atoms with Crippen molar-refractivity contribution in [1.82, 2.24) is 15.3 Å². The Morgan fingerprint density at radius 1 is 0.958 bits per heavy atom. The van der Waals surface area contributed by atoms with Gasteiger partial charge in [0, 0.05) is 37.0 Å². The fraction of sp³-hybridized carbons (Fsp3) is 0.389. The Balaban J connectivity index is 1.85. The number of carbonyl (C=O) groups is 1. The number of amides is 1. The van der Waals surface area contributed by atoms with Crippen LogP contribution < -0.4 is 16.0 Å². The van der Waals surface area contributed by atoms with Crippen molar-refractivity contribution in [1.29, 1.82) is 0 Å². The Morgan fingerprint density at radius 3 is 2.33 bits per heavy atom. The zero-order chi connectivity index (χ0) is 17.5. The van der Waals surface area contributed by atoms with E-state index in [2.05, 4.69) is 32.0 Å². The zero-order valence-corrected chi connectivity index (χ0v) is 14.7. The Labute approximate surface area is 143 Å². The third-order valence-corrected chi connectivity index (χ3v) is 3.39. The van der Waals surface area contributed by atoms with Gasteiger partial charge in [0.2, 0.25) is 5.95 Å². The molecule has 24 heavy (non-hydrogen) atoms. The molecule has 0 aliphatic carbocycles. The minimum absolute atomic E-state index is 0.0675. The highest BCUT2D eigenvalue weighted by molar-refractivity contribution is 5.94. The molecule has 128 valence electrons. The van der Waals surface area contributed by atoms with E-state index >= 15 is 0 Å². The lowest BCUT2D eigenvalue weighted by Gasteiger charge is -2.10. The van der Waals surface area contributed by atoms with Crippen LogP contribution in [0.25, 0.3) is 0 Å². The maximum Gasteiger partial charge on any atom is 0.251 e. The van der Waals surface area contributed by atoms with Gasteiger partial charge in [0.1, 0.15) is 5.82 Å². The molecular formula is C18H25N5O. The second-order valence-corrected chi connectivity index (χ2v) is 5.81. The minimum Gasteiger partial charge on any atom is -0.370 e. The summed E-state index contributed by atoms with van der Waals surface area (Å²) in [5.74, 6) is 1.29. The summed E-state index contributed by atoms with van der Waals surface area (Å²) >= 11 is 0. The molecule has 0 bridgehead atoms. The maximum absolute atomic E-state index is 12.2. The molecule has 1 heterocycles. The summed E-state index contributed by atoms with van der Waals surface area (Å²) in [5, 5.41) is 9.21. The van der Waals surface area contributed by atoms with Crippen LogP contribution in [-0.4, -0.2) is 35.5 Å². The number of rotatable bonds is 7. The second kappa shape index (κ2) is 8.29. The summed E-state index contributed by atoms with van der Waals surface area (Å²) in [6.45, 7) is 9.79. The molecule has 1 amide bonds. The third-order valence-electron chi connectivity index (χ3n) is 3.39. The van der Waals surface area contributed by atoms with Crippen molar-refractivity contribution >= 4 is 17.7 Å². The van der Waals surface area contributed by atoms with Gasteiger partial charge in [-0.25, -0.2) is 4.98 Å². The first kappa shape index (κ1) is 17.7. The predicted octanol–water partition coefficient (Wildman–Crippen LogP) is 2.68. The fourth-order valence-corrected chi connectivity index (χ4v) is 2.48. The number of nitrogens with one attached hydrogen (secondary N) is 3. The number of benzene rings is 1. The van der Waals surface area contributed by atoms with Gasteiger partial charge in [0.15, 0.2) is 0 Å². The first-order valence-electron chi connectivity index (χ1n) is 8.18. The monoisotopic (exact) mass is 327 g/mol. The van der Waals surface area contributed by atoms with Crippen molar-refractivity contribution in [3.63, 3.8) is 0 Å². The Hall–Kier alpha value is -2.63. The van der Waals surface area contributed by atoms with E-state index in [1.54, 1.807) is 0 Å². The normalized spacial score (nSPS) is 10.3. The van der Waals surface area contributed by atoms with Crippen molar-refractivity contribution in [3.8, 4) is 0 Å². The van der Waals surface area contributed by atoms with E-state index in [0.29, 0.717) is 24.6 Å². The highest BCUT2D eigenvalue weighted by Crippen LogP contribution is 2.10. The number of anilines is 2. The van der Waals surface area contributed by atoms with E-state index in [-0.39, 0.29) is 5.91 Å². The molecule has 0 saturated carbocycles. The number of hydrogen-bond donors (Lipinski definition) is 3. The molecule has 3 N–H and O–H groups in total. The third kappa shape index (κ3) is 5.22. The van der Waals surface area contributed by atoms with Gasteiger partial charge >= 0.3 is 0 Å². The Bertz CT molecular complexity index is 694. The number of aromatic nitrogens is 2. The average molecular weight is 327 g/mol. The van der Waals surface area contributed by atoms with Gasteiger partial charge in [0.25, 0.3) is 5.91 Å². The van der Waals surface area contributed by atoms with Crippen LogP contribution >= 0.6 is 0 Å². The molecule has 0 aliphatic rings. The molecule has 0 spiro atoms. The van der Waals surface area contributed by atoms with Crippen LogP contribution in [0.1, 0.15) is 34.1 Å². The second-order valence-electron chi connectivity index (χ2n) is 5.81. The van der Waals surface area contributed by atoms with Crippen molar-refractivity contribution in [2.75, 3.05) is 30.3 Å². The average Bonchev–Trinajstić information content (AvgIpc) is 2.50. The van der Waals surface area contributed by atoms with Gasteiger partial charge in [-0.2, -0.15) is 4.98 Å². The quantitative estimate of drug-likeness (QED) is 0.681. The van der Waals surface area contributed by atoms with Crippen LogP contribution in [0.5, 0.6) is 0 Å². The van der Waals surface area contributed by atoms with Crippen LogP contribution in [0, 0.1) is 20.8 Å². The van der Waals surface area contributed by atoms with Crippen molar-refractivity contribution in [3.05, 3.63) is 46.6 Å². The number of aryl methyl sites for hydroxylation is 3. The van der Waals surface area contributed by atoms with E-state index in [9.17, 15) is 4.79 Å². The summed E-state index contributed by atoms with van der Waals surface area (Å²) in [5.41, 5.74) is 3.75. The summed E-state index contributed by atoms with van der Waals surface area (Å²) in [6.07, 6.45) is 0. The van der Waals surface area contributed by atoms with Crippen LogP contribution in [0.3, 0.4) is 0 Å². The number of nitrogens with zero attached hydrogens (tertiary/aromatic N) is 2. The highest BCUT2D eigenvalue weighted by atomic mass is 16.1. The van der Waals surface area contributed by atoms with Crippen molar-refractivity contribution in [2.45, 2.75) is 27.7 Å². The lowest BCUT2D eigenvalue weighted by Crippen LogP contribution is -2.29. The smallest absolute Gasteiger partial charge is 0.251 e. The van der Waals surface area contributed by atoms with E-state index in [4.69, 9.17) is 0 Å². The van der Waals surface area contributed by atoms with E-state index in [1.165, 1.54) is 0 Å². The fourth-order valence-electron chi connectivity index (χ4n) is 2.48. The molecule has 1 aromatic carbocycles. The summed E-state index contributed by atoms with van der Waals surface area (Å²) in [6, 6.07) is 7.73. The molecule has 6 heteroatoms. The van der Waals surface area contributed by atoms with Gasteiger partial charge in [-0.15, -0.1) is 0 Å². The van der Waals surface area contributed by atoms with Crippen molar-refractivity contribution < 1.29 is 4.79 Å². The molecule has 2 rings (SSSR count). The first-order valence-corrected chi connectivity index (χ1v) is 8.18. The Morgan fingerprint density at radius 2 is 1.67 bits per heavy atom. The highest BCUT2D eigenvalue weighted by Gasteiger charge is 2.06. The molecule has 0 unspecified atom stereocenters. The molecule has 0 saturated heterocycles. The minimum atomic E-state index is -0.0675. The molecular weight excluding hydrogens is 302 g/mol. The lowest BCUT2D eigenvalue weighted by atomic mass is 10.1. The summed E-state index contributed by atoms with van der Waals surface area (Å²) < 4.78 is 0. The molecule has 0 atom stereocenters. The van der Waals surface area contributed by atoms with Crippen LogP contribution in [0.4, 0.5) is 11.8 Å². The summed E-state index contributed by atoms with van der Waals surface area (Å²) in [7, 11) is 0. The van der Waals surface area contributed by atoms with Gasteiger partial charge in [-0.3, -0.25) is 4.79 Å². The predicted molar refractivity (Wildman–Crippen MR) is 97.7 cm³/mol. The van der Waals surface area contributed by atoms with Crippen LogP contribution in [0.15, 0.2) is 24.3 Å². The van der Waals surface area contributed by atoms with Crippen LogP contribution in [0.2, 0.25) is 0 Å². The molecule has 0 fully saturated rings. The van der Waals surface area contributed by atoms with Gasteiger partial charge in [0.05, 0.1) is 0 Å². The lowest BCUT2D eigenvalue weighted by molar-refractivity contribution is 0.0955. The van der Waals surface area contributed by atoms with E-state index in [1.807, 2.05) is 45.9 Å². The number of carbonyl (C=O) groups excluding carboxylic acids is 1. The molecule has 1 aromatic heterocycles. The molecule has 0 radical (unpaired) electrons. The largest absolute Gasteiger partial charge is 0.370 e. The van der Waals surface area contributed by atoms with Gasteiger partial charge < -0.3 is 16.0 Å². The SMILES string of the molecule is CCNc1cc(C)nc(NCCNC(=O)c2cc(C)cc(C)c2)n1. The molecule has 2 aromatic rings. The standard InChI is InChI=1S/C18H25N5O/c1-5-19-16-11-14(4)22-18(23-16)21-7-6-20-17(24)15-9-12(2)8-13(3)10-15/h8-11H,5-7H2,1-4H3,(H,20,24)(H2,19,21,22,23). The van der Waals surface area contributed by atoms with E-state index < -0.39 is 0 Å². The maximum atomic E-state index is 12.2.